The van der Waals surface area contributed by atoms with E-state index in [2.05, 4.69) is 4.36 Å². The van der Waals surface area contributed by atoms with Crippen LogP contribution in [0.25, 0.3) is 0 Å². The van der Waals surface area contributed by atoms with Crippen molar-refractivity contribution in [2.24, 2.45) is 10.3 Å². The molecule has 0 radical (unpaired) electrons. The summed E-state index contributed by atoms with van der Waals surface area (Å²) < 4.78 is 28.6. The number of esters is 1. The standard InChI is InChI=1S/C8H15NO4S/c1-4-13-8(10)7(5-6(2)3)9-14(11)12/h6-7H,4-5H2,1-3H3/t7-/m0/s1. The van der Waals surface area contributed by atoms with Crippen molar-refractivity contribution in [1.82, 2.24) is 0 Å². The Bertz CT molecular complexity index is 299. The number of carbonyl (C=O) groups is 1. The van der Waals surface area contributed by atoms with Crippen LogP contribution >= 0.6 is 0 Å². The van der Waals surface area contributed by atoms with Crippen molar-refractivity contribution in [1.29, 1.82) is 0 Å². The van der Waals surface area contributed by atoms with E-state index in [1.165, 1.54) is 0 Å². The molecule has 0 heterocycles. The average molecular weight is 221 g/mol. The van der Waals surface area contributed by atoms with E-state index in [0.717, 1.165) is 0 Å². The van der Waals surface area contributed by atoms with Crippen LogP contribution in [0.1, 0.15) is 27.2 Å². The molecule has 0 aromatic rings. The average Bonchev–Trinajstić information content (AvgIpc) is 2.01. The SMILES string of the molecule is CCOC(=O)[C@H](CC(C)C)N=S(=O)=O. The smallest absolute Gasteiger partial charge is 0.332 e. The van der Waals surface area contributed by atoms with Gasteiger partial charge in [-0.2, -0.15) is 12.8 Å². The van der Waals surface area contributed by atoms with Crippen LogP contribution in [0.15, 0.2) is 4.36 Å². The van der Waals surface area contributed by atoms with Gasteiger partial charge in [-0.3, -0.25) is 0 Å². The molecule has 0 aliphatic carbocycles. The summed E-state index contributed by atoms with van der Waals surface area (Å²) in [6.45, 7) is 5.66. The molecule has 1 atom stereocenters. The van der Waals surface area contributed by atoms with E-state index < -0.39 is 22.5 Å². The summed E-state index contributed by atoms with van der Waals surface area (Å²) in [5, 5.41) is 0. The second kappa shape index (κ2) is 6.53. The van der Waals surface area contributed by atoms with Crippen molar-refractivity contribution in [3.05, 3.63) is 0 Å². The zero-order valence-electron chi connectivity index (χ0n) is 8.56. The van der Waals surface area contributed by atoms with E-state index in [0.29, 0.717) is 6.42 Å². The van der Waals surface area contributed by atoms with E-state index >= 15 is 0 Å². The van der Waals surface area contributed by atoms with E-state index in [9.17, 15) is 13.2 Å². The summed E-state index contributed by atoms with van der Waals surface area (Å²) in [5.74, 6) is -0.387. The van der Waals surface area contributed by atoms with Crippen molar-refractivity contribution in [2.45, 2.75) is 33.2 Å². The molecule has 5 nitrogen and oxygen atoms in total. The maximum absolute atomic E-state index is 11.2. The number of hydrogen-bond donors (Lipinski definition) is 0. The Morgan fingerprint density at radius 2 is 2.00 bits per heavy atom. The molecule has 0 N–H and O–H groups in total. The molecule has 0 saturated carbocycles. The molecule has 0 aliphatic heterocycles. The summed E-state index contributed by atoms with van der Waals surface area (Å²) in [6, 6.07) is -0.895. The lowest BCUT2D eigenvalue weighted by Crippen LogP contribution is -2.23. The summed E-state index contributed by atoms with van der Waals surface area (Å²) in [6.07, 6.45) is 0.382. The van der Waals surface area contributed by atoms with E-state index in [1.54, 1.807) is 6.92 Å². The van der Waals surface area contributed by atoms with E-state index in [-0.39, 0.29) is 12.5 Å². The van der Waals surface area contributed by atoms with Gasteiger partial charge in [0.1, 0.15) is 0 Å². The molecule has 82 valence electrons. The molecule has 0 unspecified atom stereocenters. The highest BCUT2D eigenvalue weighted by molar-refractivity contribution is 7.61. The summed E-state index contributed by atoms with van der Waals surface area (Å²) in [5.41, 5.74) is 0. The summed E-state index contributed by atoms with van der Waals surface area (Å²) in [4.78, 5) is 11.2. The Morgan fingerprint density at radius 3 is 2.36 bits per heavy atom. The number of hydrogen-bond acceptors (Lipinski definition) is 5. The van der Waals surface area contributed by atoms with Gasteiger partial charge in [-0.1, -0.05) is 13.8 Å². The van der Waals surface area contributed by atoms with Gasteiger partial charge in [0.25, 0.3) is 0 Å². The van der Waals surface area contributed by atoms with Crippen LogP contribution < -0.4 is 0 Å². The predicted octanol–water partition coefficient (Wildman–Crippen LogP) is 1.03. The van der Waals surface area contributed by atoms with Crippen molar-refractivity contribution in [3.8, 4) is 0 Å². The lowest BCUT2D eigenvalue weighted by Gasteiger charge is -2.10. The van der Waals surface area contributed by atoms with Gasteiger partial charge in [-0.05, 0) is 19.3 Å². The Morgan fingerprint density at radius 1 is 1.43 bits per heavy atom. The lowest BCUT2D eigenvalue weighted by molar-refractivity contribution is -0.144. The molecule has 0 rings (SSSR count). The maximum atomic E-state index is 11.2. The van der Waals surface area contributed by atoms with Gasteiger partial charge in [0.05, 0.1) is 6.61 Å². The third-order valence-corrected chi connectivity index (χ3v) is 1.89. The fourth-order valence-corrected chi connectivity index (χ4v) is 1.35. The first-order valence-electron chi connectivity index (χ1n) is 4.44. The first kappa shape index (κ1) is 13.1. The Labute approximate surface area is 85.2 Å². The van der Waals surface area contributed by atoms with Crippen molar-refractivity contribution in [2.75, 3.05) is 6.61 Å². The highest BCUT2D eigenvalue weighted by atomic mass is 32.2. The van der Waals surface area contributed by atoms with Gasteiger partial charge in [0.2, 0.25) is 0 Å². The minimum atomic E-state index is -2.56. The molecule has 0 bridgehead atoms. The number of ether oxygens (including phenoxy) is 1. The number of nitrogens with zero attached hydrogens (tertiary/aromatic N) is 1. The Balaban J connectivity index is 4.55. The third-order valence-electron chi connectivity index (χ3n) is 1.47. The highest BCUT2D eigenvalue weighted by Gasteiger charge is 2.20. The molecule has 0 saturated heterocycles. The summed E-state index contributed by atoms with van der Waals surface area (Å²) >= 11 is 0. The van der Waals surface area contributed by atoms with Gasteiger partial charge >= 0.3 is 16.5 Å². The van der Waals surface area contributed by atoms with Crippen LogP contribution in [0.4, 0.5) is 0 Å². The van der Waals surface area contributed by atoms with Crippen molar-refractivity contribution in [3.63, 3.8) is 0 Å². The van der Waals surface area contributed by atoms with Gasteiger partial charge in [0, 0.05) is 0 Å². The van der Waals surface area contributed by atoms with E-state index in [1.807, 2.05) is 13.8 Å². The van der Waals surface area contributed by atoms with Crippen LogP contribution in [0.2, 0.25) is 0 Å². The molecular weight excluding hydrogens is 206 g/mol. The fourth-order valence-electron chi connectivity index (χ4n) is 0.971. The quantitative estimate of drug-likeness (QED) is 0.650. The molecule has 0 aromatic carbocycles. The van der Waals surface area contributed by atoms with Crippen LogP contribution in [-0.4, -0.2) is 27.0 Å². The van der Waals surface area contributed by atoms with Gasteiger partial charge < -0.3 is 4.74 Å². The number of carbonyl (C=O) groups excluding carboxylic acids is 1. The fraction of sp³-hybridized carbons (Fsp3) is 0.875. The molecular formula is C8H15NO4S. The van der Waals surface area contributed by atoms with Crippen LogP contribution in [0.3, 0.4) is 0 Å². The molecule has 0 aliphatic rings. The largest absolute Gasteiger partial charge is 0.464 e. The topological polar surface area (TPSA) is 72.8 Å². The third kappa shape index (κ3) is 5.69. The van der Waals surface area contributed by atoms with Gasteiger partial charge in [0.15, 0.2) is 6.04 Å². The monoisotopic (exact) mass is 221 g/mol. The van der Waals surface area contributed by atoms with Crippen LogP contribution in [0.5, 0.6) is 0 Å². The lowest BCUT2D eigenvalue weighted by atomic mass is 10.1. The van der Waals surface area contributed by atoms with Gasteiger partial charge in [-0.25, -0.2) is 4.79 Å². The highest BCUT2D eigenvalue weighted by Crippen LogP contribution is 2.09. The zero-order chi connectivity index (χ0) is 11.1. The summed E-state index contributed by atoms with van der Waals surface area (Å²) in [7, 11) is -2.56. The zero-order valence-corrected chi connectivity index (χ0v) is 9.37. The Hall–Kier alpha value is -0.910. The second-order valence-corrected chi connectivity index (χ2v) is 3.86. The second-order valence-electron chi connectivity index (χ2n) is 3.22. The molecule has 0 spiro atoms. The normalized spacial score (nSPS) is 12.3. The number of rotatable bonds is 5. The maximum Gasteiger partial charge on any atom is 0.332 e. The first-order chi connectivity index (χ1) is 6.47. The van der Waals surface area contributed by atoms with Crippen LogP contribution in [-0.2, 0) is 20.0 Å². The molecule has 0 aromatic heterocycles. The van der Waals surface area contributed by atoms with Crippen molar-refractivity contribution >= 4 is 16.5 Å². The molecule has 0 fully saturated rings. The minimum absolute atomic E-state index is 0.191. The molecule has 6 heteroatoms. The predicted molar refractivity (Wildman–Crippen MR) is 51.2 cm³/mol. The minimum Gasteiger partial charge on any atom is -0.464 e. The Kier molecular flexibility index (Phi) is 6.11. The van der Waals surface area contributed by atoms with E-state index in [4.69, 9.17) is 4.74 Å². The van der Waals surface area contributed by atoms with Gasteiger partial charge in [-0.15, -0.1) is 0 Å². The molecule has 14 heavy (non-hydrogen) atoms. The molecule has 0 amide bonds. The van der Waals surface area contributed by atoms with Crippen molar-refractivity contribution < 1.29 is 17.9 Å². The first-order valence-corrected chi connectivity index (χ1v) is 5.47. The van der Waals surface area contributed by atoms with Crippen LogP contribution in [0, 0.1) is 5.92 Å².